The van der Waals surface area contributed by atoms with Crippen LogP contribution in [0, 0.1) is 0 Å². The summed E-state index contributed by atoms with van der Waals surface area (Å²) in [4.78, 5) is 27.7. The Labute approximate surface area is 114 Å². The third-order valence-corrected chi connectivity index (χ3v) is 3.67. The molecule has 6 nitrogen and oxygen atoms in total. The Morgan fingerprint density at radius 1 is 1.21 bits per heavy atom. The third-order valence-electron chi connectivity index (χ3n) is 3.67. The number of hydrogen-bond acceptors (Lipinski definition) is 4. The predicted octanol–water partition coefficient (Wildman–Crippen LogP) is -0.554. The first-order valence-corrected chi connectivity index (χ1v) is 7.11. The Bertz CT molecular complexity index is 329. The minimum Gasteiger partial charge on any atom is -0.366 e. The molecule has 0 aromatic rings. The Morgan fingerprint density at radius 2 is 1.95 bits per heavy atom. The minimum absolute atomic E-state index is 0.0537. The van der Waals surface area contributed by atoms with Gasteiger partial charge < -0.3 is 19.9 Å². The standard InChI is InChI=1S/C13H23N3O3/c1-2-12(17)15-5-3-6-16(8-7-15)13(18)11-10-14-4-9-19-11/h11,14H,2-10H2,1H3. The Balaban J connectivity index is 1.87. The van der Waals surface area contributed by atoms with E-state index in [0.29, 0.717) is 39.2 Å². The molecule has 2 fully saturated rings. The summed E-state index contributed by atoms with van der Waals surface area (Å²) in [7, 11) is 0. The highest BCUT2D eigenvalue weighted by Crippen LogP contribution is 2.09. The van der Waals surface area contributed by atoms with Gasteiger partial charge in [0.15, 0.2) is 0 Å². The summed E-state index contributed by atoms with van der Waals surface area (Å²) in [6.07, 6.45) is 1.02. The zero-order valence-corrected chi connectivity index (χ0v) is 11.6. The van der Waals surface area contributed by atoms with E-state index >= 15 is 0 Å². The molecular formula is C13H23N3O3. The fourth-order valence-electron chi connectivity index (χ4n) is 2.54. The van der Waals surface area contributed by atoms with Crippen LogP contribution in [0.4, 0.5) is 0 Å². The quantitative estimate of drug-likeness (QED) is 0.730. The van der Waals surface area contributed by atoms with E-state index in [2.05, 4.69) is 5.32 Å². The molecule has 1 N–H and O–H groups in total. The van der Waals surface area contributed by atoms with Gasteiger partial charge in [0.1, 0.15) is 6.10 Å². The molecule has 108 valence electrons. The van der Waals surface area contributed by atoms with E-state index in [4.69, 9.17) is 4.74 Å². The van der Waals surface area contributed by atoms with Gasteiger partial charge >= 0.3 is 0 Å². The van der Waals surface area contributed by atoms with Crippen molar-refractivity contribution in [1.82, 2.24) is 15.1 Å². The number of nitrogens with one attached hydrogen (secondary N) is 1. The highest BCUT2D eigenvalue weighted by atomic mass is 16.5. The zero-order chi connectivity index (χ0) is 13.7. The molecule has 19 heavy (non-hydrogen) atoms. The van der Waals surface area contributed by atoms with Crippen LogP contribution in [0.25, 0.3) is 0 Å². The first-order chi connectivity index (χ1) is 9.22. The molecule has 6 heteroatoms. The van der Waals surface area contributed by atoms with Gasteiger partial charge in [0, 0.05) is 45.7 Å². The summed E-state index contributed by atoms with van der Waals surface area (Å²) in [5.41, 5.74) is 0. The van der Waals surface area contributed by atoms with Crippen LogP contribution in [0.3, 0.4) is 0 Å². The van der Waals surface area contributed by atoms with Gasteiger partial charge in [0.05, 0.1) is 6.61 Å². The molecule has 2 aliphatic heterocycles. The van der Waals surface area contributed by atoms with Crippen molar-refractivity contribution in [2.24, 2.45) is 0 Å². The molecule has 0 aliphatic carbocycles. The number of carbonyl (C=O) groups is 2. The van der Waals surface area contributed by atoms with E-state index in [9.17, 15) is 9.59 Å². The molecule has 0 spiro atoms. The number of hydrogen-bond donors (Lipinski definition) is 1. The maximum Gasteiger partial charge on any atom is 0.253 e. The van der Waals surface area contributed by atoms with Crippen molar-refractivity contribution in [3.05, 3.63) is 0 Å². The lowest BCUT2D eigenvalue weighted by Crippen LogP contribution is -2.50. The van der Waals surface area contributed by atoms with Crippen LogP contribution in [0.5, 0.6) is 0 Å². The highest BCUT2D eigenvalue weighted by molar-refractivity contribution is 5.81. The fourth-order valence-corrected chi connectivity index (χ4v) is 2.54. The van der Waals surface area contributed by atoms with Crippen LogP contribution in [0.2, 0.25) is 0 Å². The third kappa shape index (κ3) is 3.67. The fraction of sp³-hybridized carbons (Fsp3) is 0.846. The minimum atomic E-state index is -0.359. The molecular weight excluding hydrogens is 246 g/mol. The van der Waals surface area contributed by atoms with E-state index in [-0.39, 0.29) is 17.9 Å². The largest absolute Gasteiger partial charge is 0.366 e. The summed E-state index contributed by atoms with van der Waals surface area (Å²) >= 11 is 0. The van der Waals surface area contributed by atoms with Crippen molar-refractivity contribution in [1.29, 1.82) is 0 Å². The molecule has 0 bridgehead atoms. The topological polar surface area (TPSA) is 61.9 Å². The van der Waals surface area contributed by atoms with Gasteiger partial charge in [-0.15, -0.1) is 0 Å². The highest BCUT2D eigenvalue weighted by Gasteiger charge is 2.28. The molecule has 2 heterocycles. The maximum atomic E-state index is 12.3. The lowest BCUT2D eigenvalue weighted by molar-refractivity contribution is -0.145. The van der Waals surface area contributed by atoms with Crippen molar-refractivity contribution in [2.45, 2.75) is 25.9 Å². The average molecular weight is 269 g/mol. The molecule has 2 saturated heterocycles. The number of morpholine rings is 1. The molecule has 0 aromatic heterocycles. The van der Waals surface area contributed by atoms with Crippen LogP contribution in [0.1, 0.15) is 19.8 Å². The van der Waals surface area contributed by atoms with Crippen molar-refractivity contribution in [3.8, 4) is 0 Å². The number of nitrogens with zero attached hydrogens (tertiary/aromatic N) is 2. The second-order valence-corrected chi connectivity index (χ2v) is 4.98. The van der Waals surface area contributed by atoms with E-state index in [1.54, 1.807) is 0 Å². The summed E-state index contributed by atoms with van der Waals surface area (Å²) in [5, 5.41) is 3.17. The lowest BCUT2D eigenvalue weighted by Gasteiger charge is -2.29. The van der Waals surface area contributed by atoms with Crippen molar-refractivity contribution >= 4 is 11.8 Å². The van der Waals surface area contributed by atoms with Crippen LogP contribution < -0.4 is 5.32 Å². The number of rotatable bonds is 2. The summed E-state index contributed by atoms with van der Waals surface area (Å²) in [5.74, 6) is 0.225. The van der Waals surface area contributed by atoms with Gasteiger partial charge in [-0.25, -0.2) is 0 Å². The summed E-state index contributed by atoms with van der Waals surface area (Å²) in [6, 6.07) is 0. The van der Waals surface area contributed by atoms with Crippen LogP contribution >= 0.6 is 0 Å². The molecule has 0 saturated carbocycles. The first kappa shape index (κ1) is 14.3. The van der Waals surface area contributed by atoms with Gasteiger partial charge in [-0.2, -0.15) is 0 Å². The number of ether oxygens (including phenoxy) is 1. The SMILES string of the molecule is CCC(=O)N1CCCN(C(=O)C2CNCCO2)CC1. The van der Waals surface area contributed by atoms with Gasteiger partial charge in [0.2, 0.25) is 5.91 Å². The molecule has 2 amide bonds. The van der Waals surface area contributed by atoms with Crippen LogP contribution in [-0.4, -0.2) is 73.6 Å². The van der Waals surface area contributed by atoms with Crippen LogP contribution in [0.15, 0.2) is 0 Å². The molecule has 1 atom stereocenters. The molecule has 0 radical (unpaired) electrons. The average Bonchev–Trinajstić information content (AvgIpc) is 2.72. The molecule has 0 aromatic carbocycles. The van der Waals surface area contributed by atoms with Crippen molar-refractivity contribution in [3.63, 3.8) is 0 Å². The van der Waals surface area contributed by atoms with E-state index < -0.39 is 0 Å². The normalized spacial score (nSPS) is 25.0. The number of amides is 2. The van der Waals surface area contributed by atoms with Crippen molar-refractivity contribution in [2.75, 3.05) is 45.9 Å². The smallest absolute Gasteiger partial charge is 0.253 e. The van der Waals surface area contributed by atoms with E-state index in [1.807, 2.05) is 16.7 Å². The molecule has 2 aliphatic rings. The zero-order valence-electron chi connectivity index (χ0n) is 11.6. The van der Waals surface area contributed by atoms with Crippen LogP contribution in [-0.2, 0) is 14.3 Å². The van der Waals surface area contributed by atoms with Crippen molar-refractivity contribution < 1.29 is 14.3 Å². The predicted molar refractivity (Wildman–Crippen MR) is 70.7 cm³/mol. The number of carbonyl (C=O) groups excluding carboxylic acids is 2. The monoisotopic (exact) mass is 269 g/mol. The second kappa shape index (κ2) is 6.86. The van der Waals surface area contributed by atoms with Gasteiger partial charge in [-0.3, -0.25) is 9.59 Å². The van der Waals surface area contributed by atoms with Gasteiger partial charge in [-0.05, 0) is 6.42 Å². The Morgan fingerprint density at radius 3 is 2.63 bits per heavy atom. The van der Waals surface area contributed by atoms with Gasteiger partial charge in [0.25, 0.3) is 5.91 Å². The molecule has 2 rings (SSSR count). The Hall–Kier alpha value is -1.14. The summed E-state index contributed by atoms with van der Waals surface area (Å²) in [6.45, 7) is 6.58. The van der Waals surface area contributed by atoms with Gasteiger partial charge in [-0.1, -0.05) is 6.92 Å². The summed E-state index contributed by atoms with van der Waals surface area (Å²) < 4.78 is 5.49. The molecule has 1 unspecified atom stereocenters. The second-order valence-electron chi connectivity index (χ2n) is 4.98. The Kier molecular flexibility index (Phi) is 5.15. The van der Waals surface area contributed by atoms with E-state index in [1.165, 1.54) is 0 Å². The lowest BCUT2D eigenvalue weighted by atomic mass is 10.2. The first-order valence-electron chi connectivity index (χ1n) is 7.11. The van der Waals surface area contributed by atoms with E-state index in [0.717, 1.165) is 19.5 Å². The maximum absolute atomic E-state index is 12.3.